The highest BCUT2D eigenvalue weighted by Crippen LogP contribution is 2.33. The van der Waals surface area contributed by atoms with Gasteiger partial charge in [0.1, 0.15) is 18.5 Å². The topological polar surface area (TPSA) is 131 Å². The Morgan fingerprint density at radius 1 is 1.06 bits per heavy atom. The minimum atomic E-state index is -1.03. The maximum Gasteiger partial charge on any atom is 0.412 e. The Kier molecular flexibility index (Phi) is 7.58. The summed E-state index contributed by atoms with van der Waals surface area (Å²) in [4.78, 5) is 45.3. The predicted molar refractivity (Wildman–Crippen MR) is 133 cm³/mol. The molecule has 3 aromatic rings. The molecule has 1 aliphatic rings. The summed E-state index contributed by atoms with van der Waals surface area (Å²) in [6, 6.07) is 15.1. The lowest BCUT2D eigenvalue weighted by molar-refractivity contribution is -0.139. The zero-order chi connectivity index (χ0) is 25.7. The molecular formula is C27H28N4O5. The molecule has 0 aliphatic heterocycles. The number of carbonyl (C=O) groups is 3. The van der Waals surface area contributed by atoms with Gasteiger partial charge in [0.15, 0.2) is 0 Å². The highest BCUT2D eigenvalue weighted by Gasteiger charge is 2.30. The number of hydrogen-bond donors (Lipinski definition) is 3. The van der Waals surface area contributed by atoms with Gasteiger partial charge in [0.2, 0.25) is 0 Å². The summed E-state index contributed by atoms with van der Waals surface area (Å²) in [7, 11) is 0. The molecule has 1 fully saturated rings. The second-order valence-corrected chi connectivity index (χ2v) is 8.89. The van der Waals surface area contributed by atoms with Crippen molar-refractivity contribution in [3.05, 3.63) is 77.7 Å². The van der Waals surface area contributed by atoms with E-state index in [1.807, 2.05) is 30.3 Å². The number of carboxylic acid groups (broad SMARTS) is 1. The van der Waals surface area contributed by atoms with Gasteiger partial charge < -0.3 is 15.2 Å². The number of aliphatic carboxylic acids is 1. The lowest BCUT2D eigenvalue weighted by atomic mass is 10.1. The van der Waals surface area contributed by atoms with Crippen LogP contribution < -0.4 is 10.6 Å². The number of nitrogens with one attached hydrogen (secondary N) is 2. The molecule has 2 aromatic carbocycles. The number of aromatic nitrogens is 2. The smallest absolute Gasteiger partial charge is 0.412 e. The second kappa shape index (κ2) is 11.0. The van der Waals surface area contributed by atoms with E-state index in [0.29, 0.717) is 40.5 Å². The van der Waals surface area contributed by atoms with Crippen LogP contribution in [-0.2, 0) is 9.53 Å². The van der Waals surface area contributed by atoms with Crippen molar-refractivity contribution in [2.45, 2.75) is 45.3 Å². The van der Waals surface area contributed by atoms with Gasteiger partial charge in [-0.2, -0.15) is 0 Å². The fourth-order valence-electron chi connectivity index (χ4n) is 3.86. The van der Waals surface area contributed by atoms with Crippen LogP contribution in [0.2, 0.25) is 0 Å². The van der Waals surface area contributed by atoms with Crippen molar-refractivity contribution >= 4 is 23.7 Å². The summed E-state index contributed by atoms with van der Waals surface area (Å²) in [5.41, 5.74) is 3.26. The lowest BCUT2D eigenvalue weighted by Gasteiger charge is -2.17. The highest BCUT2D eigenvalue weighted by atomic mass is 16.6. The molecule has 2 unspecified atom stereocenters. The van der Waals surface area contributed by atoms with Crippen molar-refractivity contribution in [2.75, 3.05) is 5.32 Å². The zero-order valence-electron chi connectivity index (χ0n) is 20.1. The van der Waals surface area contributed by atoms with E-state index in [1.165, 1.54) is 6.33 Å². The van der Waals surface area contributed by atoms with Crippen molar-refractivity contribution in [3.63, 3.8) is 0 Å². The first-order valence-electron chi connectivity index (χ1n) is 11.8. The Labute approximate surface area is 208 Å². The average molecular weight is 489 g/mol. The molecule has 1 saturated carbocycles. The van der Waals surface area contributed by atoms with Gasteiger partial charge in [-0.15, -0.1) is 0 Å². The molecule has 0 saturated heterocycles. The first kappa shape index (κ1) is 24.8. The third-order valence-electron chi connectivity index (χ3n) is 6.11. The van der Waals surface area contributed by atoms with Crippen LogP contribution >= 0.6 is 0 Å². The zero-order valence-corrected chi connectivity index (χ0v) is 20.1. The predicted octanol–water partition coefficient (Wildman–Crippen LogP) is 4.74. The maximum absolute atomic E-state index is 12.6. The summed E-state index contributed by atoms with van der Waals surface area (Å²) >= 11 is 0. The molecule has 0 radical (unpaired) electrons. The normalized spacial score (nSPS) is 14.4. The molecule has 2 atom stereocenters. The van der Waals surface area contributed by atoms with Gasteiger partial charge in [0.05, 0.1) is 17.1 Å². The van der Waals surface area contributed by atoms with Crippen LogP contribution in [0, 0.1) is 12.8 Å². The number of amides is 2. The number of rotatable bonds is 9. The van der Waals surface area contributed by atoms with E-state index in [-0.39, 0.29) is 0 Å². The fraction of sp³-hybridized carbons (Fsp3) is 0.296. The number of anilines is 1. The van der Waals surface area contributed by atoms with E-state index < -0.39 is 30.1 Å². The molecular weight excluding hydrogens is 460 g/mol. The van der Waals surface area contributed by atoms with Crippen LogP contribution in [0.5, 0.6) is 0 Å². The molecule has 1 aliphatic carbocycles. The monoisotopic (exact) mass is 488 g/mol. The maximum atomic E-state index is 12.6. The molecule has 36 heavy (non-hydrogen) atoms. The molecule has 0 spiro atoms. The Morgan fingerprint density at radius 2 is 1.75 bits per heavy atom. The second-order valence-electron chi connectivity index (χ2n) is 8.89. The van der Waals surface area contributed by atoms with Gasteiger partial charge >= 0.3 is 12.1 Å². The minimum absolute atomic E-state index is 0.331. The number of ether oxygens (including phenoxy) is 1. The van der Waals surface area contributed by atoms with Crippen LogP contribution in [0.3, 0.4) is 0 Å². The SMILES string of the molecule is Cc1ncnc(-c2ccc(C(=O)NC(CC3CC3)C(=O)O)cc2)c1NC(=O)OC(C)c1ccccc1. The molecule has 1 heterocycles. The van der Waals surface area contributed by atoms with E-state index in [0.717, 1.165) is 18.4 Å². The Balaban J connectivity index is 1.46. The molecule has 4 rings (SSSR count). The highest BCUT2D eigenvalue weighted by molar-refractivity contribution is 5.97. The average Bonchev–Trinajstić information content (AvgIpc) is 3.69. The van der Waals surface area contributed by atoms with Crippen molar-refractivity contribution in [1.29, 1.82) is 0 Å². The molecule has 3 N–H and O–H groups in total. The summed E-state index contributed by atoms with van der Waals surface area (Å²) in [6.07, 6.45) is 2.74. The van der Waals surface area contributed by atoms with Gasteiger partial charge in [-0.1, -0.05) is 55.3 Å². The largest absolute Gasteiger partial charge is 0.480 e. The molecule has 2 amide bonds. The third-order valence-corrected chi connectivity index (χ3v) is 6.11. The van der Waals surface area contributed by atoms with E-state index in [1.54, 1.807) is 38.1 Å². The van der Waals surface area contributed by atoms with Gasteiger partial charge in [-0.25, -0.2) is 19.6 Å². The standard InChI is InChI=1S/C27H28N4O5/c1-16-23(31-27(35)36-17(2)19-6-4-3-5-7-19)24(29-15-28-16)20-10-12-21(13-11-20)25(32)30-22(26(33)34)14-18-8-9-18/h3-7,10-13,15,17-18,22H,8-9,14H2,1-2H3,(H,30,32)(H,31,35)(H,33,34). The van der Waals surface area contributed by atoms with Crippen LogP contribution in [0.15, 0.2) is 60.9 Å². The lowest BCUT2D eigenvalue weighted by Crippen LogP contribution is -2.41. The summed E-state index contributed by atoms with van der Waals surface area (Å²) in [5, 5.41) is 14.8. The number of carbonyl (C=O) groups excluding carboxylic acids is 2. The first-order chi connectivity index (χ1) is 17.3. The molecule has 9 heteroatoms. The number of hydrogen-bond acceptors (Lipinski definition) is 6. The van der Waals surface area contributed by atoms with E-state index in [4.69, 9.17) is 4.74 Å². The van der Waals surface area contributed by atoms with Crippen molar-refractivity contribution in [1.82, 2.24) is 15.3 Å². The molecule has 186 valence electrons. The van der Waals surface area contributed by atoms with Gasteiger partial charge in [0.25, 0.3) is 5.91 Å². The molecule has 0 bridgehead atoms. The Bertz CT molecular complexity index is 1240. The molecule has 1 aromatic heterocycles. The van der Waals surface area contributed by atoms with Crippen molar-refractivity contribution in [2.24, 2.45) is 5.92 Å². The Morgan fingerprint density at radius 3 is 2.39 bits per heavy atom. The van der Waals surface area contributed by atoms with E-state index >= 15 is 0 Å². The van der Waals surface area contributed by atoms with Crippen molar-refractivity contribution in [3.8, 4) is 11.3 Å². The van der Waals surface area contributed by atoms with E-state index in [9.17, 15) is 19.5 Å². The first-order valence-corrected chi connectivity index (χ1v) is 11.8. The number of nitrogens with zero attached hydrogens (tertiary/aromatic N) is 2. The van der Waals surface area contributed by atoms with Crippen LogP contribution in [0.1, 0.15) is 53.9 Å². The minimum Gasteiger partial charge on any atom is -0.480 e. The number of benzene rings is 2. The quantitative estimate of drug-likeness (QED) is 0.396. The van der Waals surface area contributed by atoms with Crippen LogP contribution in [-0.4, -0.2) is 39.1 Å². The number of aryl methyl sites for hydroxylation is 1. The van der Waals surface area contributed by atoms with Gasteiger partial charge in [-0.05, 0) is 43.9 Å². The fourth-order valence-corrected chi connectivity index (χ4v) is 3.86. The van der Waals surface area contributed by atoms with Gasteiger partial charge in [-0.3, -0.25) is 10.1 Å². The van der Waals surface area contributed by atoms with Gasteiger partial charge in [0, 0.05) is 11.1 Å². The summed E-state index contributed by atoms with van der Waals surface area (Å²) in [5.74, 6) is -1.12. The Hall–Kier alpha value is -4.27. The van der Waals surface area contributed by atoms with E-state index in [2.05, 4.69) is 20.6 Å². The summed E-state index contributed by atoms with van der Waals surface area (Å²) in [6.45, 7) is 3.53. The van der Waals surface area contributed by atoms with Crippen LogP contribution in [0.4, 0.5) is 10.5 Å². The molecule has 9 nitrogen and oxygen atoms in total. The third kappa shape index (κ3) is 6.24. The van der Waals surface area contributed by atoms with Crippen molar-refractivity contribution < 1.29 is 24.2 Å². The van der Waals surface area contributed by atoms with Crippen LogP contribution in [0.25, 0.3) is 11.3 Å². The number of carboxylic acids is 1. The summed E-state index contributed by atoms with van der Waals surface area (Å²) < 4.78 is 5.52.